The summed E-state index contributed by atoms with van der Waals surface area (Å²) < 4.78 is 1.06. The summed E-state index contributed by atoms with van der Waals surface area (Å²) in [6.07, 6.45) is 6.19. The summed E-state index contributed by atoms with van der Waals surface area (Å²) >= 11 is 3.52. The number of hydrogen-bond donors (Lipinski definition) is 2. The number of nitrogens with one attached hydrogen (secondary N) is 2. The zero-order chi connectivity index (χ0) is 20.8. The van der Waals surface area contributed by atoms with Crippen molar-refractivity contribution in [2.45, 2.75) is 0 Å². The van der Waals surface area contributed by atoms with Crippen molar-refractivity contribution in [1.29, 1.82) is 0 Å². The van der Waals surface area contributed by atoms with Crippen molar-refractivity contribution in [1.82, 2.24) is 19.9 Å². The molecule has 0 saturated heterocycles. The summed E-state index contributed by atoms with van der Waals surface area (Å²) in [7, 11) is 0. The van der Waals surface area contributed by atoms with Gasteiger partial charge in [0.15, 0.2) is 0 Å². The van der Waals surface area contributed by atoms with Gasteiger partial charge in [-0.3, -0.25) is 0 Å². The molecule has 172 valence electrons. The molecule has 9 heteroatoms. The van der Waals surface area contributed by atoms with Crippen molar-refractivity contribution >= 4 is 79.2 Å². The second-order valence-corrected chi connectivity index (χ2v) is 8.51. The van der Waals surface area contributed by atoms with E-state index in [0.717, 1.165) is 60.5 Å². The molecule has 4 nitrogen and oxygen atoms in total. The van der Waals surface area contributed by atoms with Crippen molar-refractivity contribution in [3.63, 3.8) is 0 Å². The van der Waals surface area contributed by atoms with E-state index < -0.39 is 0 Å². The van der Waals surface area contributed by atoms with Crippen molar-refractivity contribution in [2.75, 3.05) is 0 Å². The van der Waals surface area contributed by atoms with Gasteiger partial charge in [0.2, 0.25) is 0 Å². The molecule has 35 heavy (non-hydrogen) atoms. The number of rotatable bonds is 1. The van der Waals surface area contributed by atoms with Gasteiger partial charge >= 0.3 is 17.4 Å². The number of H-pyrrole nitrogens is 2. The van der Waals surface area contributed by atoms with Gasteiger partial charge in [-0.15, -0.1) is 0 Å². The van der Waals surface area contributed by atoms with Crippen LogP contribution in [0.3, 0.4) is 0 Å². The van der Waals surface area contributed by atoms with Crippen molar-refractivity contribution in [3.8, 4) is 0 Å². The van der Waals surface area contributed by atoms with E-state index in [9.17, 15) is 0 Å². The molecule has 0 fully saturated rings. The summed E-state index contributed by atoms with van der Waals surface area (Å²) in [6.45, 7) is 0. The molecule has 0 radical (unpaired) electrons. The molecule has 8 bridgehead atoms. The molecule has 0 saturated carbocycles. The Kier molecular flexibility index (Phi) is 10.0. The molecule has 0 amide bonds. The second kappa shape index (κ2) is 12.1. The standard InChI is InChI=1S/C26H17BrN4.Al.3ClH/c27-17-3-1-16(2-4-17)25-14-24-13-22-8-7-20(29-22)11-18-5-6-19(28-18)12-21-9-10-23(30-21)15-26(25)31-24;;;;/h1-15,29-30H;;3*1H/q;+3;;;/p-3. The number of nitrogens with zero attached hydrogens (tertiary/aromatic N) is 2. The molecule has 3 aromatic heterocycles. The van der Waals surface area contributed by atoms with Crippen LogP contribution in [0.25, 0.3) is 45.9 Å². The second-order valence-electron chi connectivity index (χ2n) is 7.60. The third kappa shape index (κ3) is 6.29. The third-order valence-electron chi connectivity index (χ3n) is 5.32. The quantitative estimate of drug-likeness (QED) is 0.205. The predicted molar refractivity (Wildman–Crippen MR) is 137 cm³/mol. The van der Waals surface area contributed by atoms with Gasteiger partial charge in [-0.2, -0.15) is 0 Å². The van der Waals surface area contributed by atoms with Crippen LogP contribution in [0, 0.1) is 0 Å². The molecule has 0 aliphatic carbocycles. The number of fused-ring (bicyclic) bond motifs is 8. The Bertz CT molecular complexity index is 1560. The first-order chi connectivity index (χ1) is 15.2. The fourth-order valence-electron chi connectivity index (χ4n) is 3.87. The topological polar surface area (TPSA) is 57.4 Å². The normalized spacial score (nSPS) is 11.3. The van der Waals surface area contributed by atoms with Crippen LogP contribution in [0.15, 0.2) is 77.3 Å². The predicted octanol–water partition coefficient (Wildman–Crippen LogP) is -2.53. The number of aromatic amines is 2. The molecular formula is C26H17AlBrCl3N4. The minimum absolute atomic E-state index is 0. The van der Waals surface area contributed by atoms with E-state index >= 15 is 0 Å². The van der Waals surface area contributed by atoms with Crippen LogP contribution in [-0.2, 0) is 0 Å². The van der Waals surface area contributed by atoms with Gasteiger partial charge in [0.25, 0.3) is 0 Å². The van der Waals surface area contributed by atoms with Gasteiger partial charge in [-0.25, -0.2) is 9.97 Å². The zero-order valence-corrected chi connectivity index (χ0v) is 23.2. The van der Waals surface area contributed by atoms with E-state index in [4.69, 9.17) is 9.97 Å². The summed E-state index contributed by atoms with van der Waals surface area (Å²) in [6, 6.07) is 24.8. The van der Waals surface area contributed by atoms with Gasteiger partial charge in [0.1, 0.15) is 0 Å². The van der Waals surface area contributed by atoms with Crippen molar-refractivity contribution in [2.24, 2.45) is 0 Å². The average molecular weight is 599 g/mol. The monoisotopic (exact) mass is 596 g/mol. The summed E-state index contributed by atoms with van der Waals surface area (Å²) in [5.41, 5.74) is 9.95. The minimum atomic E-state index is 0. The maximum absolute atomic E-state index is 4.92. The van der Waals surface area contributed by atoms with Gasteiger partial charge in [-0.1, -0.05) is 28.1 Å². The van der Waals surface area contributed by atoms with E-state index in [2.05, 4.69) is 92.6 Å². The molecule has 4 aromatic rings. The first-order valence-electron chi connectivity index (χ1n) is 10.0. The first-order valence-corrected chi connectivity index (χ1v) is 10.8. The molecule has 5 heterocycles. The van der Waals surface area contributed by atoms with Crippen LogP contribution in [0.1, 0.15) is 28.3 Å². The smallest absolute Gasteiger partial charge is 1.00 e. The summed E-state index contributed by atoms with van der Waals surface area (Å²) in [5, 5.41) is 0. The minimum Gasteiger partial charge on any atom is -1.00 e. The van der Waals surface area contributed by atoms with Gasteiger partial charge in [0.05, 0.1) is 22.8 Å². The van der Waals surface area contributed by atoms with E-state index in [0.29, 0.717) is 0 Å². The fourth-order valence-corrected chi connectivity index (χ4v) is 4.14. The van der Waals surface area contributed by atoms with Crippen LogP contribution < -0.4 is 37.2 Å². The Morgan fingerprint density at radius 3 is 1.60 bits per heavy atom. The molecule has 0 atom stereocenters. The van der Waals surface area contributed by atoms with Gasteiger partial charge < -0.3 is 47.2 Å². The number of aromatic nitrogens is 4. The van der Waals surface area contributed by atoms with Crippen LogP contribution in [0.5, 0.6) is 0 Å². The van der Waals surface area contributed by atoms with Crippen LogP contribution in [0.4, 0.5) is 0 Å². The SMILES string of the molecule is Brc1ccc(C2=Cc3cc4ccc(cc5nc(cc6ccc(cc2n3)[nH]6)C=C5)[nH]4)cc1.[Al+3].[Cl-].[Cl-].[Cl-]. The van der Waals surface area contributed by atoms with E-state index in [1.54, 1.807) is 0 Å². The maximum Gasteiger partial charge on any atom is 3.00 e. The summed E-state index contributed by atoms with van der Waals surface area (Å²) in [5.74, 6) is 0. The maximum atomic E-state index is 4.92. The molecule has 0 spiro atoms. The van der Waals surface area contributed by atoms with Crippen molar-refractivity contribution in [3.05, 3.63) is 106 Å². The molecule has 0 unspecified atom stereocenters. The van der Waals surface area contributed by atoms with Crippen molar-refractivity contribution < 1.29 is 37.2 Å². The van der Waals surface area contributed by atoms with Crippen LogP contribution >= 0.6 is 15.9 Å². The van der Waals surface area contributed by atoms with Gasteiger partial charge in [0, 0.05) is 32.1 Å². The molecule has 2 aliphatic heterocycles. The fraction of sp³-hybridized carbons (Fsp3) is 0. The van der Waals surface area contributed by atoms with Crippen LogP contribution in [-0.4, -0.2) is 37.3 Å². The first kappa shape index (κ1) is 28.9. The molecule has 1 aromatic carbocycles. The largest absolute Gasteiger partial charge is 3.00 e. The Morgan fingerprint density at radius 1 is 0.571 bits per heavy atom. The molecular weight excluding hydrogens is 582 g/mol. The molecule has 2 aliphatic rings. The molecule has 6 rings (SSSR count). The Morgan fingerprint density at radius 2 is 1.06 bits per heavy atom. The summed E-state index contributed by atoms with van der Waals surface area (Å²) in [4.78, 5) is 16.5. The Balaban J connectivity index is 0.00000108. The number of halogens is 4. The zero-order valence-electron chi connectivity index (χ0n) is 18.1. The van der Waals surface area contributed by atoms with Gasteiger partial charge in [-0.05, 0) is 84.5 Å². The Labute approximate surface area is 240 Å². The molecule has 2 N–H and O–H groups in total. The Hall–Kier alpha value is -2.30. The number of hydrogen-bond acceptors (Lipinski definition) is 2. The van der Waals surface area contributed by atoms with E-state index in [-0.39, 0.29) is 54.6 Å². The number of benzene rings is 1. The average Bonchev–Trinajstić information content (AvgIpc) is 3.54. The van der Waals surface area contributed by atoms with E-state index in [1.165, 1.54) is 0 Å². The van der Waals surface area contributed by atoms with E-state index in [1.807, 2.05) is 24.3 Å². The van der Waals surface area contributed by atoms with Crippen LogP contribution in [0.2, 0.25) is 0 Å². The third-order valence-corrected chi connectivity index (χ3v) is 5.85.